The van der Waals surface area contributed by atoms with Crippen LogP contribution < -0.4 is 5.32 Å². The van der Waals surface area contributed by atoms with Crippen molar-refractivity contribution < 1.29 is 0 Å². The van der Waals surface area contributed by atoms with E-state index in [0.29, 0.717) is 6.04 Å². The predicted molar refractivity (Wildman–Crippen MR) is 92.9 cm³/mol. The zero-order chi connectivity index (χ0) is 14.7. The minimum absolute atomic E-state index is 0.695. The molecule has 2 nitrogen and oxygen atoms in total. The Bertz CT molecular complexity index is 611. The summed E-state index contributed by atoms with van der Waals surface area (Å²) in [6.45, 7) is 5.27. The summed E-state index contributed by atoms with van der Waals surface area (Å²) in [5.74, 6) is 1.24. The molecular formula is C18H24N2S. The van der Waals surface area contributed by atoms with E-state index < -0.39 is 0 Å². The number of aryl methyl sites for hydroxylation is 1. The van der Waals surface area contributed by atoms with Crippen molar-refractivity contribution in [1.29, 1.82) is 0 Å². The van der Waals surface area contributed by atoms with Crippen LogP contribution in [0.2, 0.25) is 0 Å². The lowest BCUT2D eigenvalue weighted by Crippen LogP contribution is -2.26. The van der Waals surface area contributed by atoms with Crippen LogP contribution in [0, 0.1) is 6.92 Å². The zero-order valence-electron chi connectivity index (χ0n) is 12.9. The maximum atomic E-state index is 4.56. The summed E-state index contributed by atoms with van der Waals surface area (Å²) in [6, 6.07) is 11.6. The SMILES string of the molecule is CCSC1CCC(NCc2ccc3nc(C)ccc3c2)C1. The lowest BCUT2D eigenvalue weighted by molar-refractivity contribution is 0.525. The molecule has 3 rings (SSSR count). The molecule has 1 aromatic carbocycles. The van der Waals surface area contributed by atoms with Gasteiger partial charge >= 0.3 is 0 Å². The Balaban J connectivity index is 1.59. The van der Waals surface area contributed by atoms with Gasteiger partial charge in [-0.05, 0) is 55.7 Å². The van der Waals surface area contributed by atoms with Gasteiger partial charge in [-0.15, -0.1) is 0 Å². The smallest absolute Gasteiger partial charge is 0.0705 e. The molecule has 0 saturated heterocycles. The van der Waals surface area contributed by atoms with Gasteiger partial charge in [0, 0.05) is 28.9 Å². The Morgan fingerprint density at radius 3 is 3.00 bits per heavy atom. The number of fused-ring (bicyclic) bond motifs is 1. The Morgan fingerprint density at radius 1 is 1.24 bits per heavy atom. The lowest BCUT2D eigenvalue weighted by atomic mass is 10.1. The summed E-state index contributed by atoms with van der Waals surface area (Å²) in [5, 5.41) is 5.84. The first-order valence-corrected chi connectivity index (χ1v) is 9.00. The third kappa shape index (κ3) is 3.78. The normalized spacial score (nSPS) is 22.0. The second kappa shape index (κ2) is 6.80. The molecule has 1 fully saturated rings. The van der Waals surface area contributed by atoms with Gasteiger partial charge in [-0.3, -0.25) is 4.98 Å². The molecule has 1 N–H and O–H groups in total. The van der Waals surface area contributed by atoms with Gasteiger partial charge in [-0.1, -0.05) is 19.1 Å². The first-order chi connectivity index (χ1) is 10.2. The van der Waals surface area contributed by atoms with Crippen molar-refractivity contribution >= 4 is 22.7 Å². The molecule has 1 aromatic heterocycles. The van der Waals surface area contributed by atoms with Gasteiger partial charge < -0.3 is 5.32 Å². The maximum absolute atomic E-state index is 4.56. The van der Waals surface area contributed by atoms with Crippen molar-refractivity contribution in [2.75, 3.05) is 5.75 Å². The van der Waals surface area contributed by atoms with Crippen LogP contribution in [0.25, 0.3) is 10.9 Å². The van der Waals surface area contributed by atoms with Gasteiger partial charge in [-0.2, -0.15) is 11.8 Å². The molecular weight excluding hydrogens is 276 g/mol. The summed E-state index contributed by atoms with van der Waals surface area (Å²) < 4.78 is 0. The van der Waals surface area contributed by atoms with Gasteiger partial charge in [0.25, 0.3) is 0 Å². The van der Waals surface area contributed by atoms with Gasteiger partial charge in [0.15, 0.2) is 0 Å². The molecule has 0 amide bonds. The molecule has 0 bridgehead atoms. The average Bonchev–Trinajstić information content (AvgIpc) is 2.93. The molecule has 3 heteroatoms. The molecule has 1 aliphatic carbocycles. The van der Waals surface area contributed by atoms with E-state index >= 15 is 0 Å². The van der Waals surface area contributed by atoms with Crippen molar-refractivity contribution in [2.45, 2.75) is 50.9 Å². The number of thioether (sulfide) groups is 1. The van der Waals surface area contributed by atoms with Crippen LogP contribution in [0.4, 0.5) is 0 Å². The molecule has 2 aromatic rings. The van der Waals surface area contributed by atoms with Crippen molar-refractivity contribution in [3.8, 4) is 0 Å². The maximum Gasteiger partial charge on any atom is 0.0705 e. The summed E-state index contributed by atoms with van der Waals surface area (Å²) in [5.41, 5.74) is 3.54. The van der Waals surface area contributed by atoms with E-state index in [1.165, 1.54) is 36.0 Å². The fourth-order valence-electron chi connectivity index (χ4n) is 3.16. The van der Waals surface area contributed by atoms with E-state index in [2.05, 4.69) is 59.3 Å². The summed E-state index contributed by atoms with van der Waals surface area (Å²) in [7, 11) is 0. The molecule has 1 heterocycles. The van der Waals surface area contributed by atoms with Crippen LogP contribution >= 0.6 is 11.8 Å². The Hall–Kier alpha value is -1.06. The number of aromatic nitrogens is 1. The van der Waals surface area contributed by atoms with Gasteiger partial charge in [0.2, 0.25) is 0 Å². The van der Waals surface area contributed by atoms with Crippen molar-refractivity contribution in [3.63, 3.8) is 0 Å². The fraction of sp³-hybridized carbons (Fsp3) is 0.500. The molecule has 2 unspecified atom stereocenters. The van der Waals surface area contributed by atoms with Gasteiger partial charge in [0.1, 0.15) is 0 Å². The molecule has 0 spiro atoms. The second-order valence-corrected chi connectivity index (χ2v) is 7.53. The average molecular weight is 300 g/mol. The summed E-state index contributed by atoms with van der Waals surface area (Å²) in [4.78, 5) is 4.56. The minimum atomic E-state index is 0.695. The van der Waals surface area contributed by atoms with E-state index in [4.69, 9.17) is 0 Å². The zero-order valence-corrected chi connectivity index (χ0v) is 13.7. The predicted octanol–water partition coefficient (Wildman–Crippen LogP) is 4.31. The molecule has 1 saturated carbocycles. The van der Waals surface area contributed by atoms with E-state index in [1.807, 2.05) is 6.92 Å². The van der Waals surface area contributed by atoms with E-state index in [9.17, 15) is 0 Å². The lowest BCUT2D eigenvalue weighted by Gasteiger charge is -2.13. The van der Waals surface area contributed by atoms with Gasteiger partial charge in [0.05, 0.1) is 5.52 Å². The first kappa shape index (κ1) is 14.9. The van der Waals surface area contributed by atoms with Crippen molar-refractivity contribution in [1.82, 2.24) is 10.3 Å². The van der Waals surface area contributed by atoms with Crippen LogP contribution in [-0.4, -0.2) is 22.0 Å². The molecule has 0 radical (unpaired) electrons. The topological polar surface area (TPSA) is 24.9 Å². The second-order valence-electron chi connectivity index (χ2n) is 5.95. The minimum Gasteiger partial charge on any atom is -0.310 e. The van der Waals surface area contributed by atoms with Gasteiger partial charge in [-0.25, -0.2) is 0 Å². The molecule has 1 aliphatic rings. The standard InChI is InChI=1S/C18H24N2S/c1-3-21-17-8-7-16(11-17)19-12-14-5-9-18-15(10-14)6-4-13(2)20-18/h4-6,9-10,16-17,19H,3,7-8,11-12H2,1-2H3. The highest BCUT2D eigenvalue weighted by Crippen LogP contribution is 2.29. The summed E-state index contributed by atoms with van der Waals surface area (Å²) in [6.07, 6.45) is 4.02. The Morgan fingerprint density at radius 2 is 2.14 bits per heavy atom. The van der Waals surface area contributed by atoms with Crippen LogP contribution in [0.3, 0.4) is 0 Å². The number of hydrogen-bond donors (Lipinski definition) is 1. The van der Waals surface area contributed by atoms with E-state index in [1.54, 1.807) is 0 Å². The van der Waals surface area contributed by atoms with Crippen LogP contribution in [0.5, 0.6) is 0 Å². The number of hydrogen-bond acceptors (Lipinski definition) is 3. The number of rotatable bonds is 5. The third-order valence-electron chi connectivity index (χ3n) is 4.27. The monoisotopic (exact) mass is 300 g/mol. The molecule has 112 valence electrons. The highest BCUT2D eigenvalue weighted by molar-refractivity contribution is 7.99. The highest BCUT2D eigenvalue weighted by Gasteiger charge is 2.23. The third-order valence-corrected chi connectivity index (χ3v) is 5.51. The highest BCUT2D eigenvalue weighted by atomic mass is 32.2. The Labute approximate surface area is 131 Å². The molecule has 2 atom stereocenters. The van der Waals surface area contributed by atoms with E-state index in [0.717, 1.165) is 23.0 Å². The number of benzene rings is 1. The number of pyridine rings is 1. The van der Waals surface area contributed by atoms with Crippen molar-refractivity contribution in [3.05, 3.63) is 41.6 Å². The number of nitrogens with one attached hydrogen (secondary N) is 1. The van der Waals surface area contributed by atoms with Crippen LogP contribution in [0.15, 0.2) is 30.3 Å². The number of nitrogens with zero attached hydrogens (tertiary/aromatic N) is 1. The fourth-order valence-corrected chi connectivity index (χ4v) is 4.30. The molecule has 0 aliphatic heterocycles. The first-order valence-electron chi connectivity index (χ1n) is 7.96. The van der Waals surface area contributed by atoms with Crippen LogP contribution in [0.1, 0.15) is 37.4 Å². The molecule has 21 heavy (non-hydrogen) atoms. The summed E-state index contributed by atoms with van der Waals surface area (Å²) >= 11 is 2.12. The largest absolute Gasteiger partial charge is 0.310 e. The Kier molecular flexibility index (Phi) is 4.81. The van der Waals surface area contributed by atoms with Crippen LogP contribution in [-0.2, 0) is 6.54 Å². The quantitative estimate of drug-likeness (QED) is 0.891. The van der Waals surface area contributed by atoms with E-state index in [-0.39, 0.29) is 0 Å². The van der Waals surface area contributed by atoms with Crippen molar-refractivity contribution in [2.24, 2.45) is 0 Å².